The number of carbonyl (C=O) groups excluding carboxylic acids is 1. The summed E-state index contributed by atoms with van der Waals surface area (Å²) in [5.41, 5.74) is 1.49. The highest BCUT2D eigenvalue weighted by atomic mass is 32.2. The van der Waals surface area contributed by atoms with E-state index in [9.17, 15) is 13.4 Å². The summed E-state index contributed by atoms with van der Waals surface area (Å²) >= 11 is 0. The first-order valence-electron chi connectivity index (χ1n) is 7.48. The van der Waals surface area contributed by atoms with Crippen molar-refractivity contribution in [2.24, 2.45) is 0 Å². The second-order valence-electron chi connectivity index (χ2n) is 5.28. The molecule has 1 N–H and O–H groups in total. The van der Waals surface area contributed by atoms with Gasteiger partial charge in [0.05, 0.1) is 21.4 Å². The van der Waals surface area contributed by atoms with E-state index in [1.807, 2.05) is 6.92 Å². The van der Waals surface area contributed by atoms with Crippen molar-refractivity contribution in [1.29, 1.82) is 0 Å². The molecule has 0 spiro atoms. The summed E-state index contributed by atoms with van der Waals surface area (Å²) < 4.78 is 31.0. The van der Waals surface area contributed by atoms with Crippen LogP contribution in [0.1, 0.15) is 23.0 Å². The molecule has 3 aromatic rings. The maximum atomic E-state index is 13.4. The zero-order chi connectivity index (χ0) is 17.3. The largest absolute Gasteiger partial charge is 0.451 e. The fourth-order valence-corrected chi connectivity index (χ4v) is 3.42. The molecule has 0 fully saturated rings. The second kappa shape index (κ2) is 6.57. The maximum absolute atomic E-state index is 13.4. The van der Waals surface area contributed by atoms with E-state index in [4.69, 9.17) is 4.42 Å². The summed E-state index contributed by atoms with van der Waals surface area (Å²) in [6.07, 6.45) is 0. The van der Waals surface area contributed by atoms with Crippen LogP contribution in [0.2, 0.25) is 0 Å². The Hall–Kier alpha value is -2.47. The molecule has 4 nitrogen and oxygen atoms in total. The van der Waals surface area contributed by atoms with Crippen LogP contribution in [0.15, 0.2) is 51.8 Å². The van der Waals surface area contributed by atoms with Crippen LogP contribution >= 0.6 is 0 Å². The van der Waals surface area contributed by atoms with E-state index in [0.717, 1.165) is 0 Å². The number of halogens is 1. The van der Waals surface area contributed by atoms with Crippen molar-refractivity contribution < 1.29 is 17.8 Å². The quantitative estimate of drug-likeness (QED) is 0.768. The third-order valence-corrected chi connectivity index (χ3v) is 5.12. The zero-order valence-corrected chi connectivity index (χ0v) is 14.1. The number of fused-ring (bicyclic) bond motifs is 1. The van der Waals surface area contributed by atoms with Crippen LogP contribution in [0.4, 0.5) is 10.1 Å². The monoisotopic (exact) mass is 345 g/mol. The summed E-state index contributed by atoms with van der Waals surface area (Å²) in [7, 11) is -1.19. The lowest BCUT2D eigenvalue weighted by atomic mass is 10.1. The van der Waals surface area contributed by atoms with Gasteiger partial charge in [-0.2, -0.15) is 0 Å². The van der Waals surface area contributed by atoms with Crippen LogP contribution in [0.25, 0.3) is 11.0 Å². The summed E-state index contributed by atoms with van der Waals surface area (Å²) in [6.45, 7) is 3.52. The topological polar surface area (TPSA) is 59.3 Å². The molecule has 0 aliphatic carbocycles. The Bertz CT molecular complexity index is 949. The first kappa shape index (κ1) is 16.4. The predicted octanol–water partition coefficient (Wildman–Crippen LogP) is 4.26. The van der Waals surface area contributed by atoms with Gasteiger partial charge in [-0.15, -0.1) is 0 Å². The molecule has 1 atom stereocenters. The van der Waals surface area contributed by atoms with Gasteiger partial charge in [-0.25, -0.2) is 4.39 Å². The molecule has 2 aromatic carbocycles. The molecule has 1 unspecified atom stereocenters. The molecule has 0 bridgehead atoms. The van der Waals surface area contributed by atoms with E-state index in [-0.39, 0.29) is 11.6 Å². The fourth-order valence-electron chi connectivity index (χ4n) is 2.51. The molecule has 1 aromatic heterocycles. The van der Waals surface area contributed by atoms with E-state index in [1.54, 1.807) is 31.2 Å². The Morgan fingerprint density at radius 3 is 2.75 bits per heavy atom. The number of carbonyl (C=O) groups is 1. The van der Waals surface area contributed by atoms with Crippen LogP contribution in [0, 0.1) is 12.7 Å². The van der Waals surface area contributed by atoms with E-state index in [1.165, 1.54) is 18.2 Å². The lowest BCUT2D eigenvalue weighted by molar-refractivity contribution is 0.0997. The highest BCUT2D eigenvalue weighted by molar-refractivity contribution is 7.85. The van der Waals surface area contributed by atoms with Gasteiger partial charge in [-0.05, 0) is 37.3 Å². The number of furan rings is 1. The number of para-hydroxylation sites is 1. The number of benzene rings is 2. The third kappa shape index (κ3) is 2.97. The van der Waals surface area contributed by atoms with Crippen LogP contribution < -0.4 is 5.32 Å². The van der Waals surface area contributed by atoms with Crippen molar-refractivity contribution >= 4 is 33.4 Å². The Morgan fingerprint density at radius 1 is 1.25 bits per heavy atom. The SMILES string of the molecule is CCS(=O)c1ccccc1NC(=O)c1oc2ccc(F)cc2c1C. The molecule has 0 saturated carbocycles. The van der Waals surface area contributed by atoms with Gasteiger partial charge in [0.15, 0.2) is 5.76 Å². The van der Waals surface area contributed by atoms with Gasteiger partial charge in [-0.1, -0.05) is 19.1 Å². The minimum atomic E-state index is -1.19. The molecule has 24 heavy (non-hydrogen) atoms. The minimum Gasteiger partial charge on any atom is -0.451 e. The van der Waals surface area contributed by atoms with E-state index in [2.05, 4.69) is 5.32 Å². The average molecular weight is 345 g/mol. The van der Waals surface area contributed by atoms with E-state index >= 15 is 0 Å². The molecule has 1 heterocycles. The maximum Gasteiger partial charge on any atom is 0.291 e. The Kier molecular flexibility index (Phi) is 4.49. The lowest BCUT2D eigenvalue weighted by Crippen LogP contribution is -2.14. The van der Waals surface area contributed by atoms with E-state index < -0.39 is 16.7 Å². The van der Waals surface area contributed by atoms with Gasteiger partial charge < -0.3 is 9.73 Å². The van der Waals surface area contributed by atoms with Crippen molar-refractivity contribution in [3.8, 4) is 0 Å². The summed E-state index contributed by atoms with van der Waals surface area (Å²) in [4.78, 5) is 13.1. The molecule has 0 aliphatic rings. The van der Waals surface area contributed by atoms with Crippen LogP contribution in [0.3, 0.4) is 0 Å². The molecule has 1 amide bonds. The normalized spacial score (nSPS) is 12.3. The number of anilines is 1. The molecule has 0 saturated heterocycles. The molecule has 0 radical (unpaired) electrons. The lowest BCUT2D eigenvalue weighted by Gasteiger charge is -2.09. The van der Waals surface area contributed by atoms with Gasteiger partial charge in [0, 0.05) is 16.7 Å². The van der Waals surface area contributed by atoms with Crippen molar-refractivity contribution in [2.75, 3.05) is 11.1 Å². The number of amides is 1. The Morgan fingerprint density at radius 2 is 2.00 bits per heavy atom. The van der Waals surface area contributed by atoms with E-state index in [0.29, 0.717) is 32.9 Å². The molecular formula is C18H16FNO3S. The van der Waals surface area contributed by atoms with Crippen LogP contribution in [-0.4, -0.2) is 15.9 Å². The predicted molar refractivity (Wildman–Crippen MR) is 92.3 cm³/mol. The molecule has 0 aliphatic heterocycles. The van der Waals surface area contributed by atoms with Gasteiger partial charge >= 0.3 is 0 Å². The standard InChI is InChI=1S/C18H16FNO3S/c1-3-24(22)16-7-5-4-6-14(16)20-18(21)17-11(2)13-10-12(19)8-9-15(13)23-17/h4-10H,3H2,1-2H3,(H,20,21). The third-order valence-electron chi connectivity index (χ3n) is 3.75. The average Bonchev–Trinajstić information content (AvgIpc) is 2.91. The van der Waals surface area contributed by atoms with Crippen molar-refractivity contribution in [3.63, 3.8) is 0 Å². The van der Waals surface area contributed by atoms with Gasteiger partial charge in [0.2, 0.25) is 0 Å². The fraction of sp³-hybridized carbons (Fsp3) is 0.167. The van der Waals surface area contributed by atoms with Crippen molar-refractivity contribution in [2.45, 2.75) is 18.7 Å². The first-order chi connectivity index (χ1) is 11.5. The molecule has 3 rings (SSSR count). The number of aryl methyl sites for hydroxylation is 1. The Balaban J connectivity index is 1.97. The van der Waals surface area contributed by atoms with Crippen molar-refractivity contribution in [1.82, 2.24) is 0 Å². The highest BCUT2D eigenvalue weighted by Gasteiger charge is 2.19. The summed E-state index contributed by atoms with van der Waals surface area (Å²) in [5, 5.41) is 3.30. The van der Waals surface area contributed by atoms with Crippen molar-refractivity contribution in [3.05, 3.63) is 59.6 Å². The molecule has 124 valence electrons. The van der Waals surface area contributed by atoms with Gasteiger partial charge in [0.25, 0.3) is 5.91 Å². The molecule has 6 heteroatoms. The summed E-state index contributed by atoms with van der Waals surface area (Å²) in [6, 6.07) is 11.1. The van der Waals surface area contributed by atoms with Crippen LogP contribution in [0.5, 0.6) is 0 Å². The van der Waals surface area contributed by atoms with Gasteiger partial charge in [-0.3, -0.25) is 9.00 Å². The smallest absolute Gasteiger partial charge is 0.291 e. The Labute approximate surface area is 141 Å². The summed E-state index contributed by atoms with van der Waals surface area (Å²) in [5.74, 6) is -0.269. The number of hydrogen-bond donors (Lipinski definition) is 1. The number of nitrogens with one attached hydrogen (secondary N) is 1. The minimum absolute atomic E-state index is 0.118. The van der Waals surface area contributed by atoms with Gasteiger partial charge in [0.1, 0.15) is 11.4 Å². The second-order valence-corrected chi connectivity index (χ2v) is 6.99. The zero-order valence-electron chi connectivity index (χ0n) is 13.3. The number of rotatable bonds is 4. The molecular weight excluding hydrogens is 329 g/mol. The van der Waals surface area contributed by atoms with Crippen LogP contribution in [-0.2, 0) is 10.8 Å². The first-order valence-corrected chi connectivity index (χ1v) is 8.80. The number of hydrogen-bond acceptors (Lipinski definition) is 3. The highest BCUT2D eigenvalue weighted by Crippen LogP contribution is 2.27.